The molecule has 21 heavy (non-hydrogen) atoms. The highest BCUT2D eigenvalue weighted by atomic mass is 15.0. The Balaban J connectivity index is 1.71. The molecule has 1 aliphatic carbocycles. The molecule has 1 aliphatic heterocycles. The second-order valence-electron chi connectivity index (χ2n) is 6.19. The number of hydrogen-bond acceptors (Lipinski definition) is 1. The molecule has 4 atom stereocenters. The first kappa shape index (κ1) is 12.8. The quantitative estimate of drug-likeness (QED) is 0.786. The first-order chi connectivity index (χ1) is 10.4. The van der Waals surface area contributed by atoms with Crippen LogP contribution in [-0.4, -0.2) is 0 Å². The Kier molecular flexibility index (Phi) is 3.36. The Morgan fingerprint density at radius 2 is 1.38 bits per heavy atom. The summed E-state index contributed by atoms with van der Waals surface area (Å²) in [6.07, 6.45) is 7.32. The second-order valence-corrected chi connectivity index (χ2v) is 6.19. The lowest BCUT2D eigenvalue weighted by Crippen LogP contribution is -2.20. The van der Waals surface area contributed by atoms with Crippen LogP contribution < -0.4 is 5.32 Å². The van der Waals surface area contributed by atoms with Crippen molar-refractivity contribution in [2.75, 3.05) is 0 Å². The Bertz CT molecular complexity index is 617. The molecule has 106 valence electrons. The summed E-state index contributed by atoms with van der Waals surface area (Å²) < 4.78 is 0. The van der Waals surface area contributed by atoms with E-state index in [1.807, 2.05) is 0 Å². The Morgan fingerprint density at radius 3 is 2.05 bits per heavy atom. The summed E-state index contributed by atoms with van der Waals surface area (Å²) in [6, 6.07) is 22.8. The van der Waals surface area contributed by atoms with E-state index in [2.05, 4.69) is 78.1 Å². The van der Waals surface area contributed by atoms with Gasteiger partial charge in [-0.05, 0) is 29.9 Å². The van der Waals surface area contributed by atoms with E-state index in [1.165, 1.54) is 24.0 Å². The fourth-order valence-corrected chi connectivity index (χ4v) is 4.04. The van der Waals surface area contributed by atoms with Crippen LogP contribution in [0, 0.1) is 11.8 Å². The van der Waals surface area contributed by atoms with Gasteiger partial charge >= 0.3 is 0 Å². The van der Waals surface area contributed by atoms with Crippen LogP contribution in [-0.2, 0) is 0 Å². The number of hydrogen-bond donors (Lipinski definition) is 1. The van der Waals surface area contributed by atoms with Crippen LogP contribution >= 0.6 is 0 Å². The van der Waals surface area contributed by atoms with Gasteiger partial charge in [0.1, 0.15) is 0 Å². The Hall–Kier alpha value is -1.86. The van der Waals surface area contributed by atoms with Gasteiger partial charge in [0, 0.05) is 18.0 Å². The van der Waals surface area contributed by atoms with Crippen LogP contribution in [0.4, 0.5) is 0 Å². The summed E-state index contributed by atoms with van der Waals surface area (Å²) in [5.74, 6) is 1.33. The molecule has 2 aromatic carbocycles. The predicted molar refractivity (Wildman–Crippen MR) is 86.9 cm³/mol. The molecular formula is C20H21N. The Labute approximate surface area is 126 Å². The molecule has 1 N–H and O–H groups in total. The molecule has 0 amide bonds. The first-order valence-electron chi connectivity index (χ1n) is 7.96. The third-order valence-corrected chi connectivity index (χ3v) is 5.01. The van der Waals surface area contributed by atoms with E-state index in [4.69, 9.17) is 0 Å². The molecule has 0 bridgehead atoms. The van der Waals surface area contributed by atoms with Crippen molar-refractivity contribution in [3.63, 3.8) is 0 Å². The number of rotatable bonds is 2. The summed E-state index contributed by atoms with van der Waals surface area (Å²) in [5, 5.41) is 3.91. The maximum Gasteiger partial charge on any atom is 0.0392 e. The standard InChI is InChI=1S/C20H21N/c1-3-9-15(10-4-1)19-17-13-7-8-14-18(17)20(21-19)16-11-5-2-6-12-16/h1-7,9-13,17-21H,8,14H2/t17-,18+,19+,20-/m0/s1. The van der Waals surface area contributed by atoms with Crippen molar-refractivity contribution in [3.05, 3.63) is 83.9 Å². The fourth-order valence-electron chi connectivity index (χ4n) is 4.04. The zero-order valence-corrected chi connectivity index (χ0v) is 12.2. The van der Waals surface area contributed by atoms with Gasteiger partial charge in [0.25, 0.3) is 0 Å². The molecule has 2 aromatic rings. The zero-order valence-electron chi connectivity index (χ0n) is 12.2. The fraction of sp³-hybridized carbons (Fsp3) is 0.300. The highest BCUT2D eigenvalue weighted by Gasteiger charge is 2.43. The minimum atomic E-state index is 0.443. The van der Waals surface area contributed by atoms with E-state index in [0.717, 1.165) is 0 Å². The van der Waals surface area contributed by atoms with E-state index < -0.39 is 0 Å². The van der Waals surface area contributed by atoms with Gasteiger partial charge in [-0.1, -0.05) is 72.8 Å². The van der Waals surface area contributed by atoms with Crippen molar-refractivity contribution < 1.29 is 0 Å². The molecule has 1 nitrogen and oxygen atoms in total. The summed E-state index contributed by atoms with van der Waals surface area (Å²) in [5.41, 5.74) is 2.85. The highest BCUT2D eigenvalue weighted by molar-refractivity contribution is 5.30. The number of nitrogens with one attached hydrogen (secondary N) is 1. The minimum absolute atomic E-state index is 0.443. The lowest BCUT2D eigenvalue weighted by Gasteiger charge is -2.26. The van der Waals surface area contributed by atoms with Gasteiger partial charge in [0.05, 0.1) is 0 Å². The normalized spacial score (nSPS) is 31.0. The SMILES string of the molecule is C1=C[C@H]2[C@@H](CC1)[C@H](c1ccccc1)N[C@@H]2c1ccccc1. The van der Waals surface area contributed by atoms with Gasteiger partial charge in [-0.3, -0.25) is 0 Å². The topological polar surface area (TPSA) is 12.0 Å². The van der Waals surface area contributed by atoms with Gasteiger partial charge in [0.2, 0.25) is 0 Å². The molecular weight excluding hydrogens is 254 g/mol. The summed E-state index contributed by atoms with van der Waals surface area (Å²) in [6.45, 7) is 0. The minimum Gasteiger partial charge on any atom is -0.302 e. The maximum absolute atomic E-state index is 3.91. The van der Waals surface area contributed by atoms with Gasteiger partial charge in [-0.2, -0.15) is 0 Å². The molecule has 1 heterocycles. The average molecular weight is 275 g/mol. The molecule has 1 heteroatoms. The third-order valence-electron chi connectivity index (χ3n) is 5.01. The van der Waals surface area contributed by atoms with E-state index in [9.17, 15) is 0 Å². The molecule has 0 saturated carbocycles. The molecule has 0 unspecified atom stereocenters. The van der Waals surface area contributed by atoms with Crippen LogP contribution in [0.15, 0.2) is 72.8 Å². The molecule has 4 rings (SSSR count). The maximum atomic E-state index is 3.91. The van der Waals surface area contributed by atoms with Crippen LogP contribution in [0.25, 0.3) is 0 Å². The van der Waals surface area contributed by atoms with Crippen molar-refractivity contribution in [2.24, 2.45) is 11.8 Å². The van der Waals surface area contributed by atoms with Crippen LogP contribution in [0.1, 0.15) is 36.1 Å². The number of fused-ring (bicyclic) bond motifs is 1. The summed E-state index contributed by atoms with van der Waals surface area (Å²) >= 11 is 0. The first-order valence-corrected chi connectivity index (χ1v) is 7.96. The molecule has 1 fully saturated rings. The van der Waals surface area contributed by atoms with Crippen molar-refractivity contribution >= 4 is 0 Å². The largest absolute Gasteiger partial charge is 0.302 e. The van der Waals surface area contributed by atoms with Gasteiger partial charge in [-0.15, -0.1) is 0 Å². The van der Waals surface area contributed by atoms with Crippen molar-refractivity contribution in [1.82, 2.24) is 5.32 Å². The lowest BCUT2D eigenvalue weighted by atomic mass is 9.77. The third kappa shape index (κ3) is 2.32. The summed E-state index contributed by atoms with van der Waals surface area (Å²) in [7, 11) is 0. The monoisotopic (exact) mass is 275 g/mol. The van der Waals surface area contributed by atoms with Crippen molar-refractivity contribution in [3.8, 4) is 0 Å². The predicted octanol–water partition coefficient (Wildman–Crippen LogP) is 4.65. The van der Waals surface area contributed by atoms with E-state index >= 15 is 0 Å². The molecule has 0 radical (unpaired) electrons. The van der Waals surface area contributed by atoms with Crippen LogP contribution in [0.2, 0.25) is 0 Å². The van der Waals surface area contributed by atoms with Gasteiger partial charge in [0.15, 0.2) is 0 Å². The van der Waals surface area contributed by atoms with Gasteiger partial charge in [-0.25, -0.2) is 0 Å². The van der Waals surface area contributed by atoms with Crippen molar-refractivity contribution in [2.45, 2.75) is 24.9 Å². The zero-order chi connectivity index (χ0) is 14.1. The highest BCUT2D eigenvalue weighted by Crippen LogP contribution is 2.48. The average Bonchev–Trinajstić information content (AvgIpc) is 2.96. The summed E-state index contributed by atoms with van der Waals surface area (Å²) in [4.78, 5) is 0. The van der Waals surface area contributed by atoms with E-state index in [1.54, 1.807) is 0 Å². The lowest BCUT2D eigenvalue weighted by molar-refractivity contribution is 0.364. The molecule has 2 aliphatic rings. The van der Waals surface area contributed by atoms with Crippen LogP contribution in [0.5, 0.6) is 0 Å². The van der Waals surface area contributed by atoms with E-state index in [0.29, 0.717) is 23.9 Å². The second kappa shape index (κ2) is 5.50. The molecule has 1 saturated heterocycles. The molecule has 0 aromatic heterocycles. The number of allylic oxidation sites excluding steroid dienone is 1. The van der Waals surface area contributed by atoms with E-state index in [-0.39, 0.29) is 0 Å². The van der Waals surface area contributed by atoms with Gasteiger partial charge < -0.3 is 5.32 Å². The Morgan fingerprint density at radius 1 is 0.762 bits per heavy atom. The molecule has 0 spiro atoms. The van der Waals surface area contributed by atoms with Crippen molar-refractivity contribution in [1.29, 1.82) is 0 Å². The number of benzene rings is 2. The smallest absolute Gasteiger partial charge is 0.0392 e. The van der Waals surface area contributed by atoms with Crippen LogP contribution in [0.3, 0.4) is 0 Å².